The first-order chi connectivity index (χ1) is 18.3. The maximum atomic E-state index is 14.3. The molecule has 8 heteroatoms. The van der Waals surface area contributed by atoms with E-state index < -0.39 is 5.54 Å². The van der Waals surface area contributed by atoms with Gasteiger partial charge < -0.3 is 20.3 Å². The van der Waals surface area contributed by atoms with Crippen LogP contribution in [0.4, 0.5) is 17.1 Å². The predicted octanol–water partition coefficient (Wildman–Crippen LogP) is 4.99. The Morgan fingerprint density at radius 2 is 1.55 bits per heavy atom. The molecule has 0 saturated carbocycles. The molecule has 38 heavy (non-hydrogen) atoms. The molecule has 6 rings (SSSR count). The second-order valence-corrected chi connectivity index (χ2v) is 10.2. The predicted molar refractivity (Wildman–Crippen MR) is 152 cm³/mol. The fourth-order valence-corrected chi connectivity index (χ4v) is 6.77. The molecule has 8 nitrogen and oxygen atoms in total. The summed E-state index contributed by atoms with van der Waals surface area (Å²) in [6.07, 6.45) is 0. The van der Waals surface area contributed by atoms with E-state index >= 15 is 0 Å². The van der Waals surface area contributed by atoms with Gasteiger partial charge in [0.1, 0.15) is 18.5 Å². The Labute approximate surface area is 223 Å². The molecule has 3 aliphatic rings. The normalized spacial score (nSPS) is 21.8. The maximum Gasteiger partial charge on any atom is 0.322 e. The van der Waals surface area contributed by atoms with Crippen molar-refractivity contribution in [2.24, 2.45) is 5.73 Å². The van der Waals surface area contributed by atoms with Crippen LogP contribution in [-0.2, 0) is 5.54 Å². The van der Waals surface area contributed by atoms with Crippen molar-refractivity contribution in [2.45, 2.75) is 33.2 Å². The lowest BCUT2D eigenvalue weighted by Crippen LogP contribution is -2.66. The zero-order chi connectivity index (χ0) is 27.0. The van der Waals surface area contributed by atoms with Crippen molar-refractivity contribution in [1.82, 2.24) is 9.60 Å². The van der Waals surface area contributed by atoms with Crippen LogP contribution in [0.2, 0.25) is 0 Å². The van der Waals surface area contributed by atoms with Crippen LogP contribution < -0.4 is 24.9 Å². The minimum absolute atomic E-state index is 0.125. The van der Waals surface area contributed by atoms with E-state index in [1.54, 1.807) is 5.01 Å². The fraction of sp³-hybridized carbons (Fsp3) is 0.333. The number of rotatable bonds is 6. The van der Waals surface area contributed by atoms with E-state index in [0.717, 1.165) is 65.7 Å². The van der Waals surface area contributed by atoms with E-state index in [9.17, 15) is 4.79 Å². The molecule has 0 bridgehead atoms. The summed E-state index contributed by atoms with van der Waals surface area (Å²) in [5, 5.41) is 10.6. The molecule has 3 N–H and O–H groups in total. The third-order valence-electron chi connectivity index (χ3n) is 8.66. The zero-order valence-electron chi connectivity index (χ0n) is 22.7. The topological polar surface area (TPSA) is 85.9 Å². The highest BCUT2D eigenvalue weighted by Crippen LogP contribution is 2.66. The molecule has 2 unspecified atom stereocenters. The van der Waals surface area contributed by atoms with Gasteiger partial charge in [-0.05, 0) is 45.9 Å². The van der Waals surface area contributed by atoms with Crippen LogP contribution in [0.25, 0.3) is 0 Å². The number of nitrogens with zero attached hydrogens (tertiary/aromatic N) is 4. The fourth-order valence-electron chi connectivity index (χ4n) is 6.77. The van der Waals surface area contributed by atoms with Gasteiger partial charge in [-0.3, -0.25) is 4.79 Å². The van der Waals surface area contributed by atoms with Crippen molar-refractivity contribution in [3.8, 4) is 11.5 Å². The van der Waals surface area contributed by atoms with Gasteiger partial charge in [-0.15, -0.1) is 4.59 Å². The monoisotopic (exact) mass is 511 g/mol. The van der Waals surface area contributed by atoms with Crippen LogP contribution >= 0.6 is 0 Å². The molecule has 3 aromatic rings. The average molecular weight is 512 g/mol. The van der Waals surface area contributed by atoms with Gasteiger partial charge in [-0.25, -0.2) is 5.41 Å². The van der Waals surface area contributed by atoms with Crippen LogP contribution in [-0.4, -0.2) is 50.1 Å². The highest BCUT2D eigenvalue weighted by Gasteiger charge is 2.72. The second-order valence-electron chi connectivity index (χ2n) is 10.2. The largest absolute Gasteiger partial charge is 0.456 e. The van der Waals surface area contributed by atoms with E-state index in [4.69, 9.17) is 15.9 Å². The molecule has 0 saturated heterocycles. The van der Waals surface area contributed by atoms with Crippen LogP contribution in [0.3, 0.4) is 0 Å². The number of quaternary nitrogens is 1. The summed E-state index contributed by atoms with van der Waals surface area (Å²) in [7, 11) is 1.84. The van der Waals surface area contributed by atoms with Gasteiger partial charge >= 0.3 is 11.9 Å². The standard InChI is InChI=1S/C30H35N6O2/c1-6-33(7-2)19-14-15-23-25(17-19)38-26-18-20(34(8-3)9-4)16-24-27(26)30(23)22-13-11-10-12-21(22)28(37)35(30)36(24,5)29(31)32/h10-18H,6-9H2,1-5H3,(H3,31,32)/q+1. The van der Waals surface area contributed by atoms with Crippen LogP contribution in [0.5, 0.6) is 11.5 Å². The molecule has 1 amide bonds. The number of carbonyl (C=O) groups excluding carboxylic acids is 1. The molecule has 2 atom stereocenters. The molecule has 196 valence electrons. The summed E-state index contributed by atoms with van der Waals surface area (Å²) in [6, 6.07) is 18.2. The minimum Gasteiger partial charge on any atom is -0.456 e. The number of guanidine groups is 1. The Hall–Kier alpha value is -4.04. The van der Waals surface area contributed by atoms with Crippen molar-refractivity contribution in [3.05, 3.63) is 76.9 Å². The van der Waals surface area contributed by atoms with Crippen molar-refractivity contribution in [2.75, 3.05) is 43.0 Å². The summed E-state index contributed by atoms with van der Waals surface area (Å²) in [5.74, 6) is 1.15. The molecule has 3 heterocycles. The number of nitrogens with two attached hydrogens (primary N) is 1. The van der Waals surface area contributed by atoms with Crippen LogP contribution in [0.1, 0.15) is 54.7 Å². The lowest BCUT2D eigenvalue weighted by Gasteiger charge is -2.41. The number of fused-ring (bicyclic) bond motifs is 2. The second kappa shape index (κ2) is 8.23. The molecular formula is C30H35N6O2+. The van der Waals surface area contributed by atoms with E-state index in [1.165, 1.54) is 0 Å². The first kappa shape index (κ1) is 24.3. The third kappa shape index (κ3) is 2.73. The Balaban J connectivity index is 1.75. The first-order valence-corrected chi connectivity index (χ1v) is 13.5. The Morgan fingerprint density at radius 3 is 2.21 bits per heavy atom. The van der Waals surface area contributed by atoms with Gasteiger partial charge in [-0.2, -0.15) is 5.01 Å². The third-order valence-corrected chi connectivity index (χ3v) is 8.66. The molecule has 0 aliphatic carbocycles. The van der Waals surface area contributed by atoms with Gasteiger partial charge in [-0.1, -0.05) is 18.2 Å². The number of anilines is 2. The quantitative estimate of drug-likeness (QED) is 0.277. The van der Waals surface area contributed by atoms with E-state index in [0.29, 0.717) is 11.3 Å². The van der Waals surface area contributed by atoms with Crippen LogP contribution in [0, 0.1) is 5.41 Å². The summed E-state index contributed by atoms with van der Waals surface area (Å²) >= 11 is 0. The van der Waals surface area contributed by atoms with Gasteiger partial charge in [0.2, 0.25) is 0 Å². The van der Waals surface area contributed by atoms with Crippen molar-refractivity contribution < 1.29 is 9.53 Å². The zero-order valence-corrected chi connectivity index (χ0v) is 22.7. The van der Waals surface area contributed by atoms with E-state index in [1.807, 2.05) is 31.3 Å². The highest BCUT2D eigenvalue weighted by atomic mass is 16.5. The van der Waals surface area contributed by atoms with Crippen molar-refractivity contribution in [3.63, 3.8) is 0 Å². The lowest BCUT2D eigenvalue weighted by atomic mass is 9.75. The summed E-state index contributed by atoms with van der Waals surface area (Å²) in [6.45, 7) is 11.9. The SMILES string of the molecule is CCN(CC)c1ccc2c(c1)Oc1cc(N(CC)CC)cc3c1C21c2ccccc2C(=O)N1[N+]3(C)C(=N)N. The summed E-state index contributed by atoms with van der Waals surface area (Å²) in [4.78, 5) is 18.8. The van der Waals surface area contributed by atoms with Crippen LogP contribution in [0.15, 0.2) is 54.6 Å². The average Bonchev–Trinajstić information content (AvgIpc) is 3.32. The van der Waals surface area contributed by atoms with E-state index in [-0.39, 0.29) is 16.5 Å². The van der Waals surface area contributed by atoms with Crippen molar-refractivity contribution >= 4 is 28.9 Å². The molecule has 3 aromatic carbocycles. The van der Waals surface area contributed by atoms with Crippen molar-refractivity contribution in [1.29, 1.82) is 5.41 Å². The molecule has 0 fully saturated rings. The summed E-state index contributed by atoms with van der Waals surface area (Å²) in [5.41, 5.74) is 11.6. The van der Waals surface area contributed by atoms with Gasteiger partial charge in [0.15, 0.2) is 11.2 Å². The smallest absolute Gasteiger partial charge is 0.322 e. The molecule has 1 spiro atoms. The maximum absolute atomic E-state index is 14.3. The Morgan fingerprint density at radius 1 is 0.921 bits per heavy atom. The first-order valence-electron chi connectivity index (χ1n) is 13.5. The summed E-state index contributed by atoms with van der Waals surface area (Å²) < 4.78 is 6.50. The van der Waals surface area contributed by atoms with E-state index in [2.05, 4.69) is 67.8 Å². The Bertz CT molecular complexity index is 1490. The number of hydrogen-bond acceptors (Lipinski definition) is 5. The molecule has 3 aliphatic heterocycles. The lowest BCUT2D eigenvalue weighted by molar-refractivity contribution is 0.0255. The molecule has 0 aromatic heterocycles. The number of ether oxygens (including phenoxy) is 1. The number of amides is 1. The minimum atomic E-state index is -0.962. The Kier molecular flexibility index (Phi) is 5.26. The van der Waals surface area contributed by atoms with Gasteiger partial charge in [0.25, 0.3) is 0 Å². The number of carbonyl (C=O) groups is 1. The molecule has 0 radical (unpaired) electrons. The highest BCUT2D eigenvalue weighted by molar-refractivity contribution is 6.08. The number of hydrogen-bond donors (Lipinski definition) is 2. The van der Waals surface area contributed by atoms with Gasteiger partial charge in [0, 0.05) is 66.9 Å². The molecular weight excluding hydrogens is 476 g/mol. The number of nitrogens with one attached hydrogen (secondary N) is 1. The van der Waals surface area contributed by atoms with Gasteiger partial charge in [0.05, 0.1) is 11.1 Å². The number of benzene rings is 3.